The molecule has 2 N–H and O–H groups in total. The van der Waals surface area contributed by atoms with Crippen molar-refractivity contribution in [1.29, 1.82) is 0 Å². The van der Waals surface area contributed by atoms with E-state index in [0.717, 1.165) is 17.8 Å². The number of hydrogen-bond donors (Lipinski definition) is 1. The second-order valence-corrected chi connectivity index (χ2v) is 3.67. The number of imidazole rings is 1. The van der Waals surface area contributed by atoms with Gasteiger partial charge in [0.15, 0.2) is 0 Å². The van der Waals surface area contributed by atoms with Crippen LogP contribution in [0.4, 0.5) is 0 Å². The minimum Gasteiger partial charge on any atom is -0.329 e. The Bertz CT molecular complexity index is 411. The molecule has 0 unspecified atom stereocenters. The van der Waals surface area contributed by atoms with Gasteiger partial charge in [0, 0.05) is 19.3 Å². The Kier molecular flexibility index (Phi) is 4.73. The molecule has 0 spiro atoms. The van der Waals surface area contributed by atoms with Gasteiger partial charge >= 0.3 is 0 Å². The van der Waals surface area contributed by atoms with Crippen LogP contribution in [0.15, 0.2) is 48.5 Å². The van der Waals surface area contributed by atoms with Crippen molar-refractivity contribution in [3.63, 3.8) is 0 Å². The number of aromatic nitrogens is 2. The SMILES string of the molecule is C=C/C(=C\C(C)=C/C)Cn1cncc1CN. The van der Waals surface area contributed by atoms with Gasteiger partial charge in [-0.15, -0.1) is 0 Å². The van der Waals surface area contributed by atoms with Crippen LogP contribution in [0.2, 0.25) is 0 Å². The first kappa shape index (κ1) is 12.5. The number of rotatable bonds is 5. The Morgan fingerprint density at radius 3 is 2.94 bits per heavy atom. The predicted octanol–water partition coefficient (Wildman–Crippen LogP) is 2.42. The highest BCUT2D eigenvalue weighted by Gasteiger charge is 2.01. The zero-order valence-corrected chi connectivity index (χ0v) is 9.98. The molecular weight excluding hydrogens is 198 g/mol. The van der Waals surface area contributed by atoms with E-state index < -0.39 is 0 Å². The Morgan fingerprint density at radius 2 is 2.38 bits per heavy atom. The van der Waals surface area contributed by atoms with Crippen LogP contribution in [0.5, 0.6) is 0 Å². The summed E-state index contributed by atoms with van der Waals surface area (Å²) in [4.78, 5) is 4.09. The summed E-state index contributed by atoms with van der Waals surface area (Å²) in [5.74, 6) is 0. The highest BCUT2D eigenvalue weighted by Crippen LogP contribution is 2.08. The third kappa shape index (κ3) is 3.21. The van der Waals surface area contributed by atoms with E-state index in [9.17, 15) is 0 Å². The lowest BCUT2D eigenvalue weighted by atomic mass is 10.1. The molecule has 1 aromatic heterocycles. The van der Waals surface area contributed by atoms with Gasteiger partial charge in [-0.1, -0.05) is 30.4 Å². The van der Waals surface area contributed by atoms with Crippen molar-refractivity contribution in [1.82, 2.24) is 9.55 Å². The maximum absolute atomic E-state index is 5.62. The number of nitrogens with zero attached hydrogens (tertiary/aromatic N) is 2. The van der Waals surface area contributed by atoms with Crippen LogP contribution in [0, 0.1) is 0 Å². The molecule has 0 aliphatic carbocycles. The van der Waals surface area contributed by atoms with Gasteiger partial charge in [0.1, 0.15) is 0 Å². The summed E-state index contributed by atoms with van der Waals surface area (Å²) < 4.78 is 2.04. The van der Waals surface area contributed by atoms with Crippen LogP contribution in [0.25, 0.3) is 0 Å². The van der Waals surface area contributed by atoms with Gasteiger partial charge in [-0.25, -0.2) is 4.98 Å². The molecule has 0 saturated carbocycles. The molecule has 16 heavy (non-hydrogen) atoms. The highest BCUT2D eigenvalue weighted by molar-refractivity contribution is 5.28. The van der Waals surface area contributed by atoms with Crippen molar-refractivity contribution in [3.8, 4) is 0 Å². The summed E-state index contributed by atoms with van der Waals surface area (Å²) in [6, 6.07) is 0. The van der Waals surface area contributed by atoms with Crippen LogP contribution in [-0.4, -0.2) is 9.55 Å². The molecule has 0 radical (unpaired) electrons. The normalized spacial score (nSPS) is 12.9. The molecule has 1 heterocycles. The summed E-state index contributed by atoms with van der Waals surface area (Å²) in [5.41, 5.74) is 9.04. The van der Waals surface area contributed by atoms with Crippen molar-refractivity contribution in [3.05, 3.63) is 54.2 Å². The van der Waals surface area contributed by atoms with E-state index in [1.54, 1.807) is 12.5 Å². The zero-order valence-electron chi connectivity index (χ0n) is 9.98. The van der Waals surface area contributed by atoms with Crippen LogP contribution >= 0.6 is 0 Å². The molecule has 0 bridgehead atoms. The highest BCUT2D eigenvalue weighted by atomic mass is 15.0. The fourth-order valence-corrected chi connectivity index (χ4v) is 1.40. The van der Waals surface area contributed by atoms with E-state index in [4.69, 9.17) is 5.73 Å². The molecule has 0 saturated heterocycles. The van der Waals surface area contributed by atoms with E-state index >= 15 is 0 Å². The molecular formula is C13H19N3. The quantitative estimate of drug-likeness (QED) is 0.770. The Hall–Kier alpha value is -1.61. The van der Waals surface area contributed by atoms with Gasteiger partial charge in [0.25, 0.3) is 0 Å². The van der Waals surface area contributed by atoms with E-state index in [1.807, 2.05) is 17.6 Å². The Morgan fingerprint density at radius 1 is 1.62 bits per heavy atom. The first-order valence-corrected chi connectivity index (χ1v) is 5.36. The first-order chi connectivity index (χ1) is 7.71. The van der Waals surface area contributed by atoms with Gasteiger partial charge in [0.05, 0.1) is 12.0 Å². The molecule has 3 nitrogen and oxygen atoms in total. The maximum atomic E-state index is 5.62. The van der Waals surface area contributed by atoms with Crippen molar-refractivity contribution in [2.24, 2.45) is 5.73 Å². The van der Waals surface area contributed by atoms with Crippen molar-refractivity contribution in [2.75, 3.05) is 0 Å². The summed E-state index contributed by atoms with van der Waals surface area (Å²) in [7, 11) is 0. The zero-order chi connectivity index (χ0) is 12.0. The topological polar surface area (TPSA) is 43.8 Å². The van der Waals surface area contributed by atoms with Gasteiger partial charge in [-0.05, 0) is 19.4 Å². The lowest BCUT2D eigenvalue weighted by Gasteiger charge is -2.07. The Labute approximate surface area is 97.0 Å². The van der Waals surface area contributed by atoms with Gasteiger partial charge in [0.2, 0.25) is 0 Å². The van der Waals surface area contributed by atoms with Gasteiger partial charge in [-0.2, -0.15) is 0 Å². The molecule has 3 heteroatoms. The third-order valence-electron chi connectivity index (χ3n) is 2.49. The molecule has 86 valence electrons. The molecule has 1 rings (SSSR count). The van der Waals surface area contributed by atoms with E-state index in [-0.39, 0.29) is 0 Å². The number of allylic oxidation sites excluding steroid dienone is 5. The molecule has 0 aliphatic rings. The Balaban J connectivity index is 2.86. The van der Waals surface area contributed by atoms with Gasteiger partial charge in [-0.3, -0.25) is 0 Å². The minimum atomic E-state index is 0.507. The molecule has 1 aromatic rings. The van der Waals surface area contributed by atoms with Crippen LogP contribution in [0.3, 0.4) is 0 Å². The first-order valence-electron chi connectivity index (χ1n) is 5.36. The smallest absolute Gasteiger partial charge is 0.0951 e. The summed E-state index contributed by atoms with van der Waals surface area (Å²) in [6.45, 7) is 9.19. The van der Waals surface area contributed by atoms with Crippen molar-refractivity contribution >= 4 is 0 Å². The predicted molar refractivity (Wildman–Crippen MR) is 67.8 cm³/mol. The summed E-state index contributed by atoms with van der Waals surface area (Å²) in [5, 5.41) is 0. The van der Waals surface area contributed by atoms with Gasteiger partial charge < -0.3 is 10.3 Å². The monoisotopic (exact) mass is 217 g/mol. The standard InChI is InChI=1S/C13H19N3/c1-4-11(3)6-12(5-2)9-16-10-15-8-13(16)7-14/h4-6,8,10H,2,7,9,14H2,1,3H3/b11-4-,12-6+. The fraction of sp³-hybridized carbons (Fsp3) is 0.308. The van der Waals surface area contributed by atoms with Crippen LogP contribution in [-0.2, 0) is 13.1 Å². The molecule has 0 fully saturated rings. The van der Waals surface area contributed by atoms with E-state index in [0.29, 0.717) is 6.54 Å². The maximum Gasteiger partial charge on any atom is 0.0951 e. The molecule has 0 amide bonds. The van der Waals surface area contributed by atoms with Crippen LogP contribution < -0.4 is 5.73 Å². The second-order valence-electron chi connectivity index (χ2n) is 3.67. The van der Waals surface area contributed by atoms with Crippen LogP contribution in [0.1, 0.15) is 19.5 Å². The lowest BCUT2D eigenvalue weighted by molar-refractivity contribution is 0.739. The molecule has 0 aliphatic heterocycles. The second kappa shape index (κ2) is 6.08. The largest absolute Gasteiger partial charge is 0.329 e. The lowest BCUT2D eigenvalue weighted by Crippen LogP contribution is -2.07. The number of nitrogens with two attached hydrogens (primary N) is 1. The molecule has 0 atom stereocenters. The van der Waals surface area contributed by atoms with E-state index in [1.165, 1.54) is 5.57 Å². The van der Waals surface area contributed by atoms with Crippen molar-refractivity contribution < 1.29 is 0 Å². The average Bonchev–Trinajstić information content (AvgIpc) is 2.75. The summed E-state index contributed by atoms with van der Waals surface area (Å²) >= 11 is 0. The van der Waals surface area contributed by atoms with E-state index in [2.05, 4.69) is 30.6 Å². The number of hydrogen-bond acceptors (Lipinski definition) is 2. The molecule has 0 aromatic carbocycles. The summed E-state index contributed by atoms with van der Waals surface area (Å²) in [6.07, 6.45) is 9.65. The fourth-order valence-electron chi connectivity index (χ4n) is 1.40. The minimum absolute atomic E-state index is 0.507. The third-order valence-corrected chi connectivity index (χ3v) is 2.49. The van der Waals surface area contributed by atoms with Crippen molar-refractivity contribution in [2.45, 2.75) is 26.9 Å². The average molecular weight is 217 g/mol.